The molecule has 2 aromatic rings. The summed E-state index contributed by atoms with van der Waals surface area (Å²) >= 11 is 0. The number of esters is 1. The molecule has 0 aliphatic carbocycles. The fraction of sp³-hybridized carbons (Fsp3) is 0.385. The van der Waals surface area contributed by atoms with E-state index < -0.39 is 11.7 Å². The standard InChI is InChI=1S/C13H15NO4/c1-3-9(2)17-12(15)8-14-10-6-4-5-7-11(10)18-13(14)16/h4-7,9H,3,8H2,1-2H3/t9-/m1/s1. The number of benzene rings is 1. The van der Waals surface area contributed by atoms with E-state index >= 15 is 0 Å². The lowest BCUT2D eigenvalue weighted by Crippen LogP contribution is -2.24. The average Bonchev–Trinajstić information content (AvgIpc) is 2.66. The summed E-state index contributed by atoms with van der Waals surface area (Å²) in [5.41, 5.74) is 1.07. The van der Waals surface area contributed by atoms with Crippen molar-refractivity contribution in [3.05, 3.63) is 34.8 Å². The second-order valence-corrected chi connectivity index (χ2v) is 4.13. The monoisotopic (exact) mass is 249 g/mol. The molecule has 0 unspecified atom stereocenters. The number of fused-ring (bicyclic) bond motifs is 1. The summed E-state index contributed by atoms with van der Waals surface area (Å²) in [7, 11) is 0. The number of rotatable bonds is 4. The van der Waals surface area contributed by atoms with Crippen LogP contribution in [0.15, 0.2) is 33.5 Å². The fourth-order valence-electron chi connectivity index (χ4n) is 1.64. The molecule has 0 bridgehead atoms. The van der Waals surface area contributed by atoms with Gasteiger partial charge in [-0.2, -0.15) is 0 Å². The molecule has 0 aliphatic rings. The highest BCUT2D eigenvalue weighted by Gasteiger charge is 2.14. The molecule has 2 rings (SSSR count). The van der Waals surface area contributed by atoms with Crippen LogP contribution >= 0.6 is 0 Å². The third kappa shape index (κ3) is 2.45. The molecular weight excluding hydrogens is 234 g/mol. The average molecular weight is 249 g/mol. The summed E-state index contributed by atoms with van der Waals surface area (Å²) in [5, 5.41) is 0. The van der Waals surface area contributed by atoms with E-state index in [-0.39, 0.29) is 12.6 Å². The Morgan fingerprint density at radius 3 is 2.89 bits per heavy atom. The fourth-order valence-corrected chi connectivity index (χ4v) is 1.64. The molecule has 0 aliphatic heterocycles. The minimum absolute atomic E-state index is 0.125. The third-order valence-electron chi connectivity index (χ3n) is 2.77. The zero-order valence-corrected chi connectivity index (χ0v) is 10.4. The van der Waals surface area contributed by atoms with E-state index in [0.29, 0.717) is 11.1 Å². The molecule has 1 heterocycles. The molecular formula is C13H15NO4. The number of oxazole rings is 1. The molecule has 1 aromatic carbocycles. The van der Waals surface area contributed by atoms with Crippen LogP contribution in [0.25, 0.3) is 11.1 Å². The lowest BCUT2D eigenvalue weighted by Gasteiger charge is -2.10. The van der Waals surface area contributed by atoms with Crippen LogP contribution in [-0.4, -0.2) is 16.6 Å². The number of ether oxygens (including phenoxy) is 1. The van der Waals surface area contributed by atoms with Crippen molar-refractivity contribution >= 4 is 17.1 Å². The molecule has 0 fully saturated rings. The normalized spacial score (nSPS) is 12.6. The second-order valence-electron chi connectivity index (χ2n) is 4.13. The van der Waals surface area contributed by atoms with Crippen molar-refractivity contribution < 1.29 is 13.9 Å². The summed E-state index contributed by atoms with van der Waals surface area (Å²) in [4.78, 5) is 23.3. The van der Waals surface area contributed by atoms with Crippen LogP contribution in [0, 0.1) is 0 Å². The highest BCUT2D eigenvalue weighted by atomic mass is 16.5. The number of nitrogens with zero attached hydrogens (tertiary/aromatic N) is 1. The number of para-hydroxylation sites is 2. The maximum atomic E-state index is 11.7. The quantitative estimate of drug-likeness (QED) is 0.777. The summed E-state index contributed by atoms with van der Waals surface area (Å²) < 4.78 is 11.4. The summed E-state index contributed by atoms with van der Waals surface area (Å²) in [6, 6.07) is 6.98. The van der Waals surface area contributed by atoms with Crippen LogP contribution in [0.1, 0.15) is 20.3 Å². The Kier molecular flexibility index (Phi) is 3.50. The molecule has 1 atom stereocenters. The minimum atomic E-state index is -0.544. The highest BCUT2D eigenvalue weighted by molar-refractivity contribution is 5.76. The van der Waals surface area contributed by atoms with Gasteiger partial charge in [0.15, 0.2) is 5.58 Å². The van der Waals surface area contributed by atoms with Crippen molar-refractivity contribution in [2.75, 3.05) is 0 Å². The van der Waals surface area contributed by atoms with E-state index in [2.05, 4.69) is 0 Å². The first-order valence-electron chi connectivity index (χ1n) is 5.89. The van der Waals surface area contributed by atoms with E-state index in [1.54, 1.807) is 24.3 Å². The van der Waals surface area contributed by atoms with Gasteiger partial charge in [0.1, 0.15) is 6.54 Å². The van der Waals surface area contributed by atoms with Gasteiger partial charge in [0.25, 0.3) is 0 Å². The van der Waals surface area contributed by atoms with Gasteiger partial charge >= 0.3 is 11.7 Å². The maximum absolute atomic E-state index is 11.7. The number of carbonyl (C=O) groups excluding carboxylic acids is 1. The molecule has 0 saturated carbocycles. The topological polar surface area (TPSA) is 61.4 Å². The number of carbonyl (C=O) groups is 1. The Labute approximate surface area is 104 Å². The Bertz CT molecular complexity index is 611. The second kappa shape index (κ2) is 5.08. The first-order chi connectivity index (χ1) is 8.61. The molecule has 0 amide bonds. The Morgan fingerprint density at radius 2 is 2.17 bits per heavy atom. The van der Waals surface area contributed by atoms with Gasteiger partial charge in [-0.3, -0.25) is 9.36 Å². The first kappa shape index (κ1) is 12.4. The zero-order chi connectivity index (χ0) is 13.1. The maximum Gasteiger partial charge on any atom is 0.420 e. The molecule has 5 nitrogen and oxygen atoms in total. The van der Waals surface area contributed by atoms with Crippen molar-refractivity contribution in [2.45, 2.75) is 32.9 Å². The lowest BCUT2D eigenvalue weighted by atomic mass is 10.3. The zero-order valence-electron chi connectivity index (χ0n) is 10.4. The van der Waals surface area contributed by atoms with E-state index in [4.69, 9.17) is 9.15 Å². The van der Waals surface area contributed by atoms with Crippen LogP contribution < -0.4 is 5.76 Å². The van der Waals surface area contributed by atoms with Crippen LogP contribution in [0.2, 0.25) is 0 Å². The number of hydrogen-bond donors (Lipinski definition) is 0. The lowest BCUT2D eigenvalue weighted by molar-refractivity contribution is -0.149. The molecule has 0 spiro atoms. The van der Waals surface area contributed by atoms with Gasteiger partial charge in [0.05, 0.1) is 11.6 Å². The van der Waals surface area contributed by atoms with E-state index in [9.17, 15) is 9.59 Å². The van der Waals surface area contributed by atoms with Crippen LogP contribution in [0.3, 0.4) is 0 Å². The molecule has 0 saturated heterocycles. The molecule has 5 heteroatoms. The van der Waals surface area contributed by atoms with E-state index in [1.807, 2.05) is 13.8 Å². The Balaban J connectivity index is 2.24. The molecule has 18 heavy (non-hydrogen) atoms. The van der Waals surface area contributed by atoms with Crippen molar-refractivity contribution in [3.63, 3.8) is 0 Å². The van der Waals surface area contributed by atoms with Crippen molar-refractivity contribution in [1.29, 1.82) is 0 Å². The predicted octanol–water partition coefficient (Wildman–Crippen LogP) is 1.94. The van der Waals surface area contributed by atoms with Crippen LogP contribution in [-0.2, 0) is 16.1 Å². The van der Waals surface area contributed by atoms with Gasteiger partial charge in [-0.15, -0.1) is 0 Å². The third-order valence-corrected chi connectivity index (χ3v) is 2.77. The van der Waals surface area contributed by atoms with Crippen molar-refractivity contribution in [1.82, 2.24) is 4.57 Å². The van der Waals surface area contributed by atoms with Crippen LogP contribution in [0.4, 0.5) is 0 Å². The smallest absolute Gasteiger partial charge is 0.420 e. The predicted molar refractivity (Wildman–Crippen MR) is 66.3 cm³/mol. The molecule has 1 aromatic heterocycles. The summed E-state index contributed by atoms with van der Waals surface area (Å²) in [5.74, 6) is -0.977. The SMILES string of the molecule is CC[C@@H](C)OC(=O)Cn1c(=O)oc2ccccc21. The molecule has 0 N–H and O–H groups in total. The number of aromatic nitrogens is 1. The van der Waals surface area contributed by atoms with Gasteiger partial charge in [0, 0.05) is 0 Å². The largest absolute Gasteiger partial charge is 0.461 e. The van der Waals surface area contributed by atoms with Crippen molar-refractivity contribution in [2.24, 2.45) is 0 Å². The van der Waals surface area contributed by atoms with Crippen molar-refractivity contribution in [3.8, 4) is 0 Å². The van der Waals surface area contributed by atoms with Gasteiger partial charge in [-0.1, -0.05) is 19.1 Å². The summed E-state index contributed by atoms with van der Waals surface area (Å²) in [6.07, 6.45) is 0.596. The van der Waals surface area contributed by atoms with E-state index in [0.717, 1.165) is 6.42 Å². The molecule has 0 radical (unpaired) electrons. The van der Waals surface area contributed by atoms with Crippen LogP contribution in [0.5, 0.6) is 0 Å². The van der Waals surface area contributed by atoms with Gasteiger partial charge < -0.3 is 9.15 Å². The van der Waals surface area contributed by atoms with E-state index in [1.165, 1.54) is 4.57 Å². The Morgan fingerprint density at radius 1 is 1.44 bits per heavy atom. The minimum Gasteiger partial charge on any atom is -0.461 e. The number of hydrogen-bond acceptors (Lipinski definition) is 4. The highest BCUT2D eigenvalue weighted by Crippen LogP contribution is 2.11. The van der Waals surface area contributed by atoms with Gasteiger partial charge in [0.2, 0.25) is 0 Å². The summed E-state index contributed by atoms with van der Waals surface area (Å²) in [6.45, 7) is 3.62. The van der Waals surface area contributed by atoms with Gasteiger partial charge in [-0.05, 0) is 25.5 Å². The van der Waals surface area contributed by atoms with Gasteiger partial charge in [-0.25, -0.2) is 4.79 Å². The first-order valence-corrected chi connectivity index (χ1v) is 5.89. The Hall–Kier alpha value is -2.04. The molecule has 96 valence electrons.